The van der Waals surface area contributed by atoms with Gasteiger partial charge in [-0.1, -0.05) is 97.1 Å². The molecule has 4 heteroatoms. The van der Waals surface area contributed by atoms with Crippen LogP contribution in [0.3, 0.4) is 0 Å². The SMILES string of the molecule is c1ccc2c(c1)ccc1c2c2c3ccccc3ccc2n1-c1ccc(-c2nc(-c3ccc4oc5ccccc5c4c3)c3ccccc3n2)cc1. The number of furan rings is 1. The molecule has 3 aromatic heterocycles. The maximum absolute atomic E-state index is 6.13. The van der Waals surface area contributed by atoms with E-state index in [1.165, 1.54) is 43.4 Å². The van der Waals surface area contributed by atoms with E-state index in [2.05, 4.69) is 138 Å². The third-order valence-corrected chi connectivity index (χ3v) is 10.2. The van der Waals surface area contributed by atoms with E-state index < -0.39 is 0 Å². The van der Waals surface area contributed by atoms with Gasteiger partial charge in [-0.05, 0) is 88.3 Å². The lowest BCUT2D eigenvalue weighted by Crippen LogP contribution is -1.97. The first-order valence-electron chi connectivity index (χ1n) is 16.9. The van der Waals surface area contributed by atoms with E-state index in [0.29, 0.717) is 5.82 Å². The normalized spacial score (nSPS) is 12.0. The lowest BCUT2D eigenvalue weighted by Gasteiger charge is -2.12. The van der Waals surface area contributed by atoms with Crippen LogP contribution in [0.2, 0.25) is 0 Å². The number of aromatic nitrogens is 3. The van der Waals surface area contributed by atoms with Crippen molar-refractivity contribution >= 4 is 76.2 Å². The van der Waals surface area contributed by atoms with Crippen LogP contribution in [-0.4, -0.2) is 14.5 Å². The van der Waals surface area contributed by atoms with Crippen LogP contribution in [0.5, 0.6) is 0 Å². The molecule has 0 fully saturated rings. The largest absolute Gasteiger partial charge is 0.456 e. The van der Waals surface area contributed by atoms with Gasteiger partial charge in [-0.2, -0.15) is 0 Å². The minimum absolute atomic E-state index is 0.696. The van der Waals surface area contributed by atoms with Crippen molar-refractivity contribution in [1.82, 2.24) is 14.5 Å². The fourth-order valence-electron chi connectivity index (χ4n) is 7.88. The summed E-state index contributed by atoms with van der Waals surface area (Å²) in [7, 11) is 0. The molecule has 0 atom stereocenters. The Hall–Kier alpha value is -6.78. The summed E-state index contributed by atoms with van der Waals surface area (Å²) < 4.78 is 8.52. The zero-order valence-corrected chi connectivity index (χ0v) is 26.8. The molecule has 0 N–H and O–H groups in total. The van der Waals surface area contributed by atoms with Gasteiger partial charge in [0.2, 0.25) is 0 Å². The quantitative estimate of drug-likeness (QED) is 0.194. The molecule has 4 nitrogen and oxygen atoms in total. The second kappa shape index (κ2) is 10.4. The highest BCUT2D eigenvalue weighted by Crippen LogP contribution is 2.41. The summed E-state index contributed by atoms with van der Waals surface area (Å²) in [6.45, 7) is 0. The topological polar surface area (TPSA) is 43.9 Å². The Balaban J connectivity index is 1.09. The maximum Gasteiger partial charge on any atom is 0.160 e. The molecule has 232 valence electrons. The van der Waals surface area contributed by atoms with E-state index in [4.69, 9.17) is 14.4 Å². The van der Waals surface area contributed by atoms with E-state index in [1.807, 2.05) is 30.3 Å². The van der Waals surface area contributed by atoms with Crippen LogP contribution in [0.1, 0.15) is 0 Å². The third-order valence-electron chi connectivity index (χ3n) is 10.2. The van der Waals surface area contributed by atoms with Gasteiger partial charge in [-0.15, -0.1) is 0 Å². The number of rotatable bonds is 3. The van der Waals surface area contributed by atoms with Crippen LogP contribution in [-0.2, 0) is 0 Å². The Bertz CT molecular complexity index is 3060. The first kappa shape index (κ1) is 27.2. The number of nitrogens with zero attached hydrogens (tertiary/aromatic N) is 3. The van der Waals surface area contributed by atoms with Gasteiger partial charge in [0.1, 0.15) is 11.2 Å². The van der Waals surface area contributed by atoms with Gasteiger partial charge >= 0.3 is 0 Å². The summed E-state index contributed by atoms with van der Waals surface area (Å²) in [6.07, 6.45) is 0. The van der Waals surface area contributed by atoms with Crippen molar-refractivity contribution in [3.63, 3.8) is 0 Å². The molecule has 11 rings (SSSR count). The number of benzene rings is 8. The van der Waals surface area contributed by atoms with Crippen LogP contribution < -0.4 is 0 Å². The molecule has 0 aliphatic heterocycles. The minimum Gasteiger partial charge on any atom is -0.456 e. The van der Waals surface area contributed by atoms with Gasteiger partial charge in [0.05, 0.1) is 22.2 Å². The lowest BCUT2D eigenvalue weighted by molar-refractivity contribution is 0.669. The van der Waals surface area contributed by atoms with Gasteiger partial charge in [0.15, 0.2) is 5.82 Å². The van der Waals surface area contributed by atoms with Gasteiger partial charge < -0.3 is 8.98 Å². The van der Waals surface area contributed by atoms with Crippen LogP contribution in [0.15, 0.2) is 168 Å². The molecule has 8 aromatic carbocycles. The standard InChI is InChI=1S/C46H27N3O/c1-3-11-33-28(9-1)19-24-39-43(33)44-34-12-4-2-10-29(34)20-25-40(44)49(39)32-22-17-30(18-23-32)46-47-38-15-7-5-14-36(38)45(48-46)31-21-26-42-37(27-31)35-13-6-8-16-41(35)50-42/h1-27H. The predicted octanol–water partition coefficient (Wildman–Crippen LogP) is 12.3. The molecule has 0 spiro atoms. The highest BCUT2D eigenvalue weighted by Gasteiger charge is 2.18. The molecule has 0 radical (unpaired) electrons. The molecule has 11 aromatic rings. The average Bonchev–Trinajstić information content (AvgIpc) is 3.73. The highest BCUT2D eigenvalue weighted by molar-refractivity contribution is 6.28. The summed E-state index contributed by atoms with van der Waals surface area (Å²) in [5, 5.41) is 10.8. The first-order chi connectivity index (χ1) is 24.8. The van der Waals surface area contributed by atoms with E-state index in [-0.39, 0.29) is 0 Å². The van der Waals surface area contributed by atoms with E-state index in [1.54, 1.807) is 0 Å². The zero-order valence-electron chi connectivity index (χ0n) is 26.8. The van der Waals surface area contributed by atoms with E-state index in [9.17, 15) is 0 Å². The van der Waals surface area contributed by atoms with Crippen molar-refractivity contribution in [2.24, 2.45) is 0 Å². The average molecular weight is 638 g/mol. The van der Waals surface area contributed by atoms with Crippen LogP contribution >= 0.6 is 0 Å². The predicted molar refractivity (Wildman–Crippen MR) is 207 cm³/mol. The van der Waals surface area contributed by atoms with Crippen molar-refractivity contribution in [1.29, 1.82) is 0 Å². The summed E-state index contributed by atoms with van der Waals surface area (Å²) in [5.74, 6) is 0.696. The van der Waals surface area contributed by atoms with E-state index >= 15 is 0 Å². The van der Waals surface area contributed by atoms with Crippen molar-refractivity contribution in [2.45, 2.75) is 0 Å². The van der Waals surface area contributed by atoms with Crippen molar-refractivity contribution in [2.75, 3.05) is 0 Å². The summed E-state index contributed by atoms with van der Waals surface area (Å²) >= 11 is 0. The Morgan fingerprint density at radius 1 is 0.420 bits per heavy atom. The number of hydrogen-bond donors (Lipinski definition) is 0. The lowest BCUT2D eigenvalue weighted by atomic mass is 10.00. The molecule has 0 unspecified atom stereocenters. The Labute approximate surface area is 286 Å². The Morgan fingerprint density at radius 3 is 1.72 bits per heavy atom. The minimum atomic E-state index is 0.696. The number of fused-ring (bicyclic) bond motifs is 11. The van der Waals surface area contributed by atoms with Crippen LogP contribution in [0.4, 0.5) is 0 Å². The fraction of sp³-hybridized carbons (Fsp3) is 0. The molecule has 0 saturated carbocycles. The summed E-state index contributed by atoms with van der Waals surface area (Å²) in [4.78, 5) is 10.3. The second-order valence-electron chi connectivity index (χ2n) is 13.0. The summed E-state index contributed by atoms with van der Waals surface area (Å²) in [5.41, 5.74) is 9.05. The molecule has 3 heterocycles. The van der Waals surface area contributed by atoms with Crippen molar-refractivity contribution in [3.05, 3.63) is 164 Å². The van der Waals surface area contributed by atoms with Gasteiger partial charge in [-0.25, -0.2) is 9.97 Å². The maximum atomic E-state index is 6.13. The summed E-state index contributed by atoms with van der Waals surface area (Å²) in [6, 6.07) is 57.8. The second-order valence-corrected chi connectivity index (χ2v) is 13.0. The number of para-hydroxylation sites is 2. The molecular weight excluding hydrogens is 611 g/mol. The van der Waals surface area contributed by atoms with Crippen LogP contribution in [0, 0.1) is 0 Å². The van der Waals surface area contributed by atoms with Gasteiger partial charge in [0.25, 0.3) is 0 Å². The van der Waals surface area contributed by atoms with Gasteiger partial charge in [0, 0.05) is 43.7 Å². The smallest absolute Gasteiger partial charge is 0.160 e. The zero-order chi connectivity index (χ0) is 32.8. The Morgan fingerprint density at radius 2 is 1.00 bits per heavy atom. The van der Waals surface area contributed by atoms with Gasteiger partial charge in [-0.3, -0.25) is 0 Å². The van der Waals surface area contributed by atoms with Crippen molar-refractivity contribution < 1.29 is 4.42 Å². The monoisotopic (exact) mass is 637 g/mol. The molecule has 0 aliphatic rings. The van der Waals surface area contributed by atoms with Crippen molar-refractivity contribution in [3.8, 4) is 28.3 Å². The molecule has 0 aliphatic carbocycles. The highest BCUT2D eigenvalue weighted by atomic mass is 16.3. The third kappa shape index (κ3) is 3.93. The van der Waals surface area contributed by atoms with Crippen LogP contribution in [0.25, 0.3) is 105 Å². The molecule has 0 saturated heterocycles. The molecule has 0 bridgehead atoms. The molecule has 0 amide bonds. The molecular formula is C46H27N3O. The first-order valence-corrected chi connectivity index (χ1v) is 16.9. The molecule has 50 heavy (non-hydrogen) atoms. The Kier molecular flexibility index (Phi) is 5.63. The number of hydrogen-bond acceptors (Lipinski definition) is 3. The fourth-order valence-corrected chi connectivity index (χ4v) is 7.88. The van der Waals surface area contributed by atoms with E-state index in [0.717, 1.165) is 55.3 Å².